The van der Waals surface area contributed by atoms with E-state index in [1.807, 2.05) is 53.9 Å². The van der Waals surface area contributed by atoms with Gasteiger partial charge < -0.3 is 14.8 Å². The number of ether oxygens (including phenoxy) is 2. The molecule has 0 spiro atoms. The number of carbonyl (C=O) groups excluding carboxylic acids is 1. The number of pyridine rings is 1. The molecule has 1 fully saturated rings. The summed E-state index contributed by atoms with van der Waals surface area (Å²) in [5.41, 5.74) is 2.70. The summed E-state index contributed by atoms with van der Waals surface area (Å²) in [6.45, 7) is -0.0555. The van der Waals surface area contributed by atoms with Crippen LogP contribution in [0.3, 0.4) is 0 Å². The number of benzene rings is 2. The lowest BCUT2D eigenvalue weighted by atomic mass is 10.1. The summed E-state index contributed by atoms with van der Waals surface area (Å²) in [6, 6.07) is 15.4. The highest BCUT2D eigenvalue weighted by atomic mass is 32.2. The molecule has 4 rings (SSSR count). The van der Waals surface area contributed by atoms with Crippen LogP contribution in [0.4, 0.5) is 5.69 Å². The van der Waals surface area contributed by atoms with Gasteiger partial charge in [0, 0.05) is 11.6 Å². The van der Waals surface area contributed by atoms with Gasteiger partial charge in [0.15, 0.2) is 6.61 Å². The lowest BCUT2D eigenvalue weighted by Gasteiger charge is -2.21. The van der Waals surface area contributed by atoms with Crippen molar-refractivity contribution in [2.75, 3.05) is 30.5 Å². The number of hydrogen-bond donors (Lipinski definition) is 1. The predicted molar refractivity (Wildman–Crippen MR) is 121 cm³/mol. The Morgan fingerprint density at radius 3 is 2.69 bits per heavy atom. The second-order valence-electron chi connectivity index (χ2n) is 6.55. The molecule has 0 radical (unpaired) electrons. The summed E-state index contributed by atoms with van der Waals surface area (Å²) in [5, 5.41) is 3.73. The van der Waals surface area contributed by atoms with Gasteiger partial charge in [0.25, 0.3) is 5.91 Å². The topological polar surface area (TPSA) is 60.5 Å². The molecule has 5 nitrogen and oxygen atoms in total. The minimum atomic E-state index is -0.220. The van der Waals surface area contributed by atoms with Gasteiger partial charge in [-0.2, -0.15) is 0 Å². The standard InChI is InChI=1S/C22H22N2O3S2/c1-26-19-10-9-18(17-4-2-11-23-21(17)19)24-20(25)14-27-16-7-5-15(6-8-16)22-28-12-3-13-29-22/h2,4-11,22H,3,12-14H2,1H3,(H,24,25). The van der Waals surface area contributed by atoms with E-state index in [4.69, 9.17) is 9.47 Å². The number of anilines is 1. The number of rotatable bonds is 6. The van der Waals surface area contributed by atoms with E-state index >= 15 is 0 Å². The van der Waals surface area contributed by atoms with Crippen LogP contribution < -0.4 is 14.8 Å². The van der Waals surface area contributed by atoms with Gasteiger partial charge in [-0.1, -0.05) is 12.1 Å². The average molecular weight is 427 g/mol. The highest BCUT2D eigenvalue weighted by Crippen LogP contribution is 2.43. The highest BCUT2D eigenvalue weighted by Gasteiger charge is 2.16. The molecule has 1 amide bonds. The van der Waals surface area contributed by atoms with Gasteiger partial charge in [0.2, 0.25) is 0 Å². The van der Waals surface area contributed by atoms with Gasteiger partial charge in [-0.3, -0.25) is 9.78 Å². The number of fused-ring (bicyclic) bond motifs is 1. The van der Waals surface area contributed by atoms with Crippen molar-refractivity contribution >= 4 is 46.0 Å². The van der Waals surface area contributed by atoms with Crippen molar-refractivity contribution in [3.05, 3.63) is 60.3 Å². The Morgan fingerprint density at radius 2 is 1.93 bits per heavy atom. The van der Waals surface area contributed by atoms with Crippen LogP contribution >= 0.6 is 23.5 Å². The van der Waals surface area contributed by atoms with Crippen molar-refractivity contribution in [2.45, 2.75) is 11.0 Å². The quantitative estimate of drug-likeness (QED) is 0.590. The number of nitrogens with zero attached hydrogens (tertiary/aromatic N) is 1. The van der Waals surface area contributed by atoms with Gasteiger partial charge >= 0.3 is 0 Å². The lowest BCUT2D eigenvalue weighted by molar-refractivity contribution is -0.118. The van der Waals surface area contributed by atoms with Crippen LogP contribution in [0.5, 0.6) is 11.5 Å². The summed E-state index contributed by atoms with van der Waals surface area (Å²) in [5.74, 6) is 3.57. The molecule has 1 N–H and O–H groups in total. The van der Waals surface area contributed by atoms with E-state index in [9.17, 15) is 4.79 Å². The molecule has 1 aliphatic heterocycles. The molecule has 1 aliphatic rings. The molecule has 150 valence electrons. The SMILES string of the molecule is COc1ccc(NC(=O)COc2ccc(C3SCCCS3)cc2)c2cccnc12. The molecule has 1 saturated heterocycles. The molecular weight excluding hydrogens is 404 g/mol. The third-order valence-electron chi connectivity index (χ3n) is 4.58. The van der Waals surface area contributed by atoms with E-state index < -0.39 is 0 Å². The highest BCUT2D eigenvalue weighted by molar-refractivity contribution is 8.16. The van der Waals surface area contributed by atoms with E-state index in [1.54, 1.807) is 19.4 Å². The van der Waals surface area contributed by atoms with Crippen LogP contribution in [-0.2, 0) is 4.79 Å². The summed E-state index contributed by atoms with van der Waals surface area (Å²) in [7, 11) is 1.60. The largest absolute Gasteiger partial charge is 0.494 e. The predicted octanol–water partition coefficient (Wildman–Crippen LogP) is 5.13. The second kappa shape index (κ2) is 9.41. The molecule has 2 aromatic carbocycles. The fourth-order valence-electron chi connectivity index (χ4n) is 3.16. The monoisotopic (exact) mass is 426 g/mol. The Hall–Kier alpha value is -2.38. The summed E-state index contributed by atoms with van der Waals surface area (Å²) in [6.07, 6.45) is 2.98. The summed E-state index contributed by atoms with van der Waals surface area (Å²) in [4.78, 5) is 16.8. The molecule has 0 unspecified atom stereocenters. The average Bonchev–Trinajstić information content (AvgIpc) is 2.79. The molecule has 1 aromatic heterocycles. The third-order valence-corrected chi connectivity index (χ3v) is 7.59. The first-order valence-electron chi connectivity index (χ1n) is 9.42. The first-order chi connectivity index (χ1) is 14.2. The van der Waals surface area contributed by atoms with Crippen LogP contribution in [0.15, 0.2) is 54.7 Å². The van der Waals surface area contributed by atoms with E-state index in [2.05, 4.69) is 22.4 Å². The van der Waals surface area contributed by atoms with Crippen LogP contribution in [0.1, 0.15) is 16.6 Å². The molecule has 0 aliphatic carbocycles. The van der Waals surface area contributed by atoms with Crippen LogP contribution in [0.2, 0.25) is 0 Å². The first-order valence-corrected chi connectivity index (χ1v) is 11.5. The Labute approximate surface area is 178 Å². The molecule has 0 bridgehead atoms. The van der Waals surface area contributed by atoms with Crippen molar-refractivity contribution in [3.63, 3.8) is 0 Å². The van der Waals surface area contributed by atoms with Crippen molar-refractivity contribution in [1.82, 2.24) is 4.98 Å². The normalized spacial score (nSPS) is 14.5. The van der Waals surface area contributed by atoms with Crippen LogP contribution in [0, 0.1) is 0 Å². The van der Waals surface area contributed by atoms with E-state index in [0.29, 0.717) is 27.3 Å². The van der Waals surface area contributed by atoms with Gasteiger partial charge in [-0.05, 0) is 59.9 Å². The van der Waals surface area contributed by atoms with Crippen LogP contribution in [-0.4, -0.2) is 36.1 Å². The zero-order chi connectivity index (χ0) is 20.1. The van der Waals surface area contributed by atoms with Crippen molar-refractivity contribution in [3.8, 4) is 11.5 Å². The number of amides is 1. The van der Waals surface area contributed by atoms with Gasteiger partial charge in [-0.25, -0.2) is 0 Å². The number of aromatic nitrogens is 1. The van der Waals surface area contributed by atoms with Crippen molar-refractivity contribution in [2.24, 2.45) is 0 Å². The Balaban J connectivity index is 1.37. The number of carbonyl (C=O) groups is 1. The number of methoxy groups -OCH3 is 1. The minimum Gasteiger partial charge on any atom is -0.494 e. The van der Waals surface area contributed by atoms with Gasteiger partial charge in [0.1, 0.15) is 17.0 Å². The molecule has 3 aromatic rings. The second-order valence-corrected chi connectivity index (χ2v) is 9.27. The molecule has 7 heteroatoms. The van der Waals surface area contributed by atoms with E-state index in [0.717, 1.165) is 5.39 Å². The van der Waals surface area contributed by atoms with Crippen LogP contribution in [0.25, 0.3) is 10.9 Å². The van der Waals surface area contributed by atoms with E-state index in [1.165, 1.54) is 23.5 Å². The smallest absolute Gasteiger partial charge is 0.262 e. The molecular formula is C22H22N2O3S2. The zero-order valence-electron chi connectivity index (χ0n) is 16.1. The first kappa shape index (κ1) is 19.9. The Morgan fingerprint density at radius 1 is 1.14 bits per heavy atom. The third kappa shape index (κ3) is 4.79. The molecule has 2 heterocycles. The number of nitrogens with one attached hydrogen (secondary N) is 1. The fourth-order valence-corrected chi connectivity index (χ4v) is 6.05. The van der Waals surface area contributed by atoms with Crippen molar-refractivity contribution in [1.29, 1.82) is 0 Å². The maximum absolute atomic E-state index is 12.4. The lowest BCUT2D eigenvalue weighted by Crippen LogP contribution is -2.20. The molecule has 0 atom stereocenters. The molecule has 29 heavy (non-hydrogen) atoms. The zero-order valence-corrected chi connectivity index (χ0v) is 17.7. The number of thioether (sulfide) groups is 2. The minimum absolute atomic E-state index is 0.0555. The van der Waals surface area contributed by atoms with Gasteiger partial charge in [-0.15, -0.1) is 23.5 Å². The Kier molecular flexibility index (Phi) is 6.46. The van der Waals surface area contributed by atoms with E-state index in [-0.39, 0.29) is 12.5 Å². The summed E-state index contributed by atoms with van der Waals surface area (Å²) >= 11 is 3.98. The Bertz CT molecular complexity index is 989. The van der Waals surface area contributed by atoms with Gasteiger partial charge in [0.05, 0.1) is 17.4 Å². The maximum Gasteiger partial charge on any atom is 0.262 e. The van der Waals surface area contributed by atoms with Crippen molar-refractivity contribution < 1.29 is 14.3 Å². The fraction of sp³-hybridized carbons (Fsp3) is 0.273. The molecule has 0 saturated carbocycles. The summed E-state index contributed by atoms with van der Waals surface area (Å²) < 4.78 is 11.5. The number of hydrogen-bond acceptors (Lipinski definition) is 6. The maximum atomic E-state index is 12.4.